The number of hydrogen-bond acceptors (Lipinski definition) is 5. The van der Waals surface area contributed by atoms with Gasteiger partial charge in [-0.15, -0.1) is 0 Å². The van der Waals surface area contributed by atoms with Gasteiger partial charge in [-0.3, -0.25) is 4.79 Å². The predicted molar refractivity (Wildman–Crippen MR) is 107 cm³/mol. The Morgan fingerprint density at radius 2 is 1.86 bits per heavy atom. The van der Waals surface area contributed by atoms with Crippen LogP contribution in [-0.4, -0.2) is 45.6 Å². The van der Waals surface area contributed by atoms with E-state index in [0.717, 1.165) is 31.5 Å². The molecule has 1 aromatic carbocycles. The Bertz CT molecular complexity index is 753. The van der Waals surface area contributed by atoms with Gasteiger partial charge >= 0.3 is 0 Å². The highest BCUT2D eigenvalue weighted by Crippen LogP contribution is 2.50. The minimum atomic E-state index is -0.485. The number of amides is 1. The van der Waals surface area contributed by atoms with Gasteiger partial charge in [-0.05, 0) is 31.7 Å². The van der Waals surface area contributed by atoms with E-state index in [4.69, 9.17) is 14.2 Å². The lowest BCUT2D eigenvalue weighted by Crippen LogP contribution is -2.60. The zero-order valence-corrected chi connectivity index (χ0v) is 17.5. The highest BCUT2D eigenvalue weighted by molar-refractivity contribution is 5.91. The molecular weight excluding hydrogens is 375 g/mol. The first-order valence-electron chi connectivity index (χ1n) is 10.7. The van der Waals surface area contributed by atoms with E-state index in [0.29, 0.717) is 43.4 Å². The molecule has 0 aliphatic carbocycles. The fourth-order valence-electron chi connectivity index (χ4n) is 5.09. The quantitative estimate of drug-likeness (QED) is 0.734. The second kappa shape index (κ2) is 8.11. The summed E-state index contributed by atoms with van der Waals surface area (Å²) in [7, 11) is 1.60. The summed E-state index contributed by atoms with van der Waals surface area (Å²) in [5, 5.41) is 2.96. The van der Waals surface area contributed by atoms with Crippen molar-refractivity contribution in [2.24, 2.45) is 11.3 Å². The molecule has 29 heavy (non-hydrogen) atoms. The molecule has 0 bridgehead atoms. The van der Waals surface area contributed by atoms with Gasteiger partial charge in [0.2, 0.25) is 5.91 Å². The van der Waals surface area contributed by atoms with E-state index in [1.165, 1.54) is 0 Å². The van der Waals surface area contributed by atoms with Crippen molar-refractivity contribution in [2.45, 2.75) is 51.9 Å². The van der Waals surface area contributed by atoms with Crippen LogP contribution >= 0.6 is 0 Å². The van der Waals surface area contributed by atoms with Crippen molar-refractivity contribution in [3.05, 3.63) is 23.5 Å². The molecule has 1 aromatic rings. The third-order valence-corrected chi connectivity index (χ3v) is 7.06. The van der Waals surface area contributed by atoms with Crippen LogP contribution in [0.15, 0.2) is 12.1 Å². The molecule has 1 amide bonds. The van der Waals surface area contributed by atoms with E-state index >= 15 is 4.39 Å². The summed E-state index contributed by atoms with van der Waals surface area (Å²) >= 11 is 0. The Labute approximate surface area is 171 Å². The number of nitrogens with zero attached hydrogens (tertiary/aromatic N) is 1. The summed E-state index contributed by atoms with van der Waals surface area (Å²) < 4.78 is 32.1. The minimum absolute atomic E-state index is 0.0393. The normalized spacial score (nSPS) is 25.0. The van der Waals surface area contributed by atoms with Crippen LogP contribution in [0.2, 0.25) is 0 Å². The van der Waals surface area contributed by atoms with Gasteiger partial charge in [0.05, 0.1) is 37.5 Å². The zero-order valence-electron chi connectivity index (χ0n) is 17.5. The second-order valence-electron chi connectivity index (χ2n) is 8.25. The van der Waals surface area contributed by atoms with Crippen LogP contribution in [0.3, 0.4) is 0 Å². The third kappa shape index (κ3) is 3.38. The summed E-state index contributed by atoms with van der Waals surface area (Å²) in [6.45, 7) is 6.84. The first-order chi connectivity index (χ1) is 14.0. The molecular formula is C22H31FN2O4. The van der Waals surface area contributed by atoms with Gasteiger partial charge in [-0.25, -0.2) is 4.39 Å². The molecule has 0 unspecified atom stereocenters. The lowest BCUT2D eigenvalue weighted by molar-refractivity contribution is -0.147. The molecule has 3 aliphatic heterocycles. The number of β-lactam (4-membered cyclic amide) rings is 1. The molecule has 0 saturated carbocycles. The SMILES string of the molecule is CCC1(CC)C(=O)N[C@H]1c1cc(F)c(N2CCC(C3OCCO3)CC2)cc1OC. The Morgan fingerprint density at radius 3 is 2.41 bits per heavy atom. The second-order valence-corrected chi connectivity index (χ2v) is 8.25. The average Bonchev–Trinajstić information content (AvgIpc) is 3.28. The number of rotatable bonds is 6. The van der Waals surface area contributed by atoms with Gasteiger partial charge < -0.3 is 24.4 Å². The van der Waals surface area contributed by atoms with Crippen molar-refractivity contribution in [3.8, 4) is 5.75 Å². The fraction of sp³-hybridized carbons (Fsp3) is 0.682. The van der Waals surface area contributed by atoms with E-state index < -0.39 is 5.41 Å². The number of ether oxygens (including phenoxy) is 3. The largest absolute Gasteiger partial charge is 0.496 e. The standard InChI is InChI=1S/C22H31FN2O4/c1-4-22(5-2)19(24-21(22)26)15-12-16(23)17(13-18(15)27-3)25-8-6-14(7-9-25)20-28-10-11-29-20/h12-14,19-20H,4-11H2,1-3H3,(H,24,26)/t19-/m0/s1. The van der Waals surface area contributed by atoms with Gasteiger partial charge in [-0.2, -0.15) is 0 Å². The minimum Gasteiger partial charge on any atom is -0.496 e. The first kappa shape index (κ1) is 20.4. The molecule has 3 heterocycles. The van der Waals surface area contributed by atoms with Crippen LogP contribution in [0.1, 0.15) is 51.1 Å². The van der Waals surface area contributed by atoms with E-state index in [1.807, 2.05) is 13.8 Å². The highest BCUT2D eigenvalue weighted by Gasteiger charge is 2.53. The Morgan fingerprint density at radius 1 is 1.21 bits per heavy atom. The summed E-state index contributed by atoms with van der Waals surface area (Å²) in [6.07, 6.45) is 3.12. The molecule has 3 aliphatic rings. The van der Waals surface area contributed by atoms with Crippen LogP contribution in [-0.2, 0) is 14.3 Å². The molecule has 6 nitrogen and oxygen atoms in total. The Hall–Kier alpha value is -1.86. The molecule has 160 valence electrons. The maximum atomic E-state index is 15.2. The number of hydrogen-bond donors (Lipinski definition) is 1. The molecule has 0 aromatic heterocycles. The van der Waals surface area contributed by atoms with Crippen LogP contribution in [0.25, 0.3) is 0 Å². The van der Waals surface area contributed by atoms with Crippen molar-refractivity contribution in [1.82, 2.24) is 5.32 Å². The molecule has 3 saturated heterocycles. The summed E-state index contributed by atoms with van der Waals surface area (Å²) in [5.41, 5.74) is 0.794. The molecule has 0 spiro atoms. The van der Waals surface area contributed by atoms with Crippen LogP contribution in [0, 0.1) is 17.2 Å². The Balaban J connectivity index is 1.54. The topological polar surface area (TPSA) is 60.0 Å². The van der Waals surface area contributed by atoms with Gasteiger partial charge in [0.25, 0.3) is 0 Å². The number of benzene rings is 1. The smallest absolute Gasteiger partial charge is 0.229 e. The number of anilines is 1. The van der Waals surface area contributed by atoms with Gasteiger partial charge in [0, 0.05) is 30.6 Å². The lowest BCUT2D eigenvalue weighted by atomic mass is 9.66. The van der Waals surface area contributed by atoms with Crippen molar-refractivity contribution in [3.63, 3.8) is 0 Å². The number of halogens is 1. The van der Waals surface area contributed by atoms with Crippen LogP contribution < -0.4 is 15.0 Å². The van der Waals surface area contributed by atoms with Crippen LogP contribution in [0.4, 0.5) is 10.1 Å². The number of methoxy groups -OCH3 is 1. The molecule has 1 atom stereocenters. The first-order valence-corrected chi connectivity index (χ1v) is 10.7. The Kier molecular flexibility index (Phi) is 5.71. The van der Waals surface area contributed by atoms with E-state index in [-0.39, 0.29) is 24.1 Å². The number of piperidine rings is 1. The average molecular weight is 406 g/mol. The van der Waals surface area contributed by atoms with Gasteiger partial charge in [0.1, 0.15) is 11.6 Å². The predicted octanol–water partition coefficient (Wildman–Crippen LogP) is 3.40. The maximum Gasteiger partial charge on any atom is 0.229 e. The molecule has 0 radical (unpaired) electrons. The number of nitrogens with one attached hydrogen (secondary N) is 1. The monoisotopic (exact) mass is 406 g/mol. The lowest BCUT2D eigenvalue weighted by Gasteiger charge is -2.48. The molecule has 3 fully saturated rings. The van der Waals surface area contributed by atoms with Crippen molar-refractivity contribution < 1.29 is 23.4 Å². The van der Waals surface area contributed by atoms with Gasteiger partial charge in [-0.1, -0.05) is 13.8 Å². The summed E-state index contributed by atoms with van der Waals surface area (Å²) in [6, 6.07) is 3.12. The molecule has 1 N–H and O–H groups in total. The molecule has 7 heteroatoms. The van der Waals surface area contributed by atoms with Gasteiger partial charge in [0.15, 0.2) is 6.29 Å². The molecule has 4 rings (SSSR count). The van der Waals surface area contributed by atoms with Crippen molar-refractivity contribution >= 4 is 11.6 Å². The van der Waals surface area contributed by atoms with E-state index in [1.54, 1.807) is 19.2 Å². The maximum absolute atomic E-state index is 15.2. The summed E-state index contributed by atoms with van der Waals surface area (Å²) in [5.74, 6) is 0.757. The number of carbonyl (C=O) groups is 1. The van der Waals surface area contributed by atoms with Crippen molar-refractivity contribution in [1.29, 1.82) is 0 Å². The third-order valence-electron chi connectivity index (χ3n) is 7.06. The van der Waals surface area contributed by atoms with E-state index in [9.17, 15) is 4.79 Å². The fourth-order valence-corrected chi connectivity index (χ4v) is 5.09. The summed E-state index contributed by atoms with van der Waals surface area (Å²) in [4.78, 5) is 14.3. The van der Waals surface area contributed by atoms with Crippen LogP contribution in [0.5, 0.6) is 5.75 Å². The highest BCUT2D eigenvalue weighted by atomic mass is 19.1. The zero-order chi connectivity index (χ0) is 20.6. The van der Waals surface area contributed by atoms with E-state index in [2.05, 4.69) is 10.2 Å². The van der Waals surface area contributed by atoms with Crippen molar-refractivity contribution in [2.75, 3.05) is 38.3 Å². The number of carbonyl (C=O) groups excluding carboxylic acids is 1.